The number of piperazine rings is 1. The molecule has 9 nitrogen and oxygen atoms in total. The average molecular weight is 749 g/mol. The Morgan fingerprint density at radius 2 is 1.77 bits per heavy atom. The third-order valence-corrected chi connectivity index (χ3v) is 12.4. The largest absolute Gasteiger partial charge is 0.494 e. The van der Waals surface area contributed by atoms with E-state index in [1.165, 1.54) is 48.5 Å². The molecule has 2 fully saturated rings. The van der Waals surface area contributed by atoms with Crippen LogP contribution in [0.5, 0.6) is 5.75 Å². The monoisotopic (exact) mass is 747 g/mol. The van der Waals surface area contributed by atoms with Crippen molar-refractivity contribution in [3.63, 3.8) is 0 Å². The van der Waals surface area contributed by atoms with Crippen molar-refractivity contribution >= 4 is 68.5 Å². The van der Waals surface area contributed by atoms with E-state index in [4.69, 9.17) is 16.1 Å². The topological polar surface area (TPSA) is 85.9 Å². The molecule has 12 heteroatoms. The fraction of sp³-hybridized carbons (Fsp3) is 0.389. The summed E-state index contributed by atoms with van der Waals surface area (Å²) in [4.78, 5) is 18.8. The van der Waals surface area contributed by atoms with Gasteiger partial charge in [-0.25, -0.2) is 4.98 Å². The van der Waals surface area contributed by atoms with Crippen LogP contribution in [0.3, 0.4) is 0 Å². The Bertz CT molecular complexity index is 1870. The number of terminal acetylenes is 1. The molecular formula is C36H43BrN7O2PS. The molecule has 48 heavy (non-hydrogen) atoms. The van der Waals surface area contributed by atoms with Gasteiger partial charge < -0.3 is 29.7 Å². The number of aromatic nitrogens is 2. The van der Waals surface area contributed by atoms with Gasteiger partial charge in [-0.2, -0.15) is 4.98 Å². The van der Waals surface area contributed by atoms with Crippen LogP contribution in [0.4, 0.5) is 28.8 Å². The van der Waals surface area contributed by atoms with Crippen molar-refractivity contribution < 1.29 is 9.30 Å². The molecule has 6 rings (SSSR count). The van der Waals surface area contributed by atoms with Crippen LogP contribution in [0.2, 0.25) is 0 Å². The first-order valence-electron chi connectivity index (χ1n) is 16.2. The number of benzene rings is 2. The van der Waals surface area contributed by atoms with Crippen molar-refractivity contribution in [2.24, 2.45) is 0 Å². The molecule has 2 saturated heterocycles. The van der Waals surface area contributed by atoms with Crippen LogP contribution in [-0.2, 0) is 4.57 Å². The summed E-state index contributed by atoms with van der Waals surface area (Å²) in [7, 11) is 1.24. The Balaban J connectivity index is 1.19. The Kier molecular flexibility index (Phi) is 10.5. The summed E-state index contributed by atoms with van der Waals surface area (Å²) in [5, 5.41) is 7.52. The molecule has 0 bridgehead atoms. The van der Waals surface area contributed by atoms with Crippen LogP contribution in [0, 0.1) is 19.3 Å². The first-order valence-corrected chi connectivity index (χ1v) is 20.4. The molecule has 2 aliphatic rings. The van der Waals surface area contributed by atoms with E-state index in [0.717, 1.165) is 63.9 Å². The van der Waals surface area contributed by atoms with Gasteiger partial charge in [-0.1, -0.05) is 12.0 Å². The van der Waals surface area contributed by atoms with Gasteiger partial charge in [0, 0.05) is 73.4 Å². The number of aryl methyl sites for hydroxylation is 1. The number of hydrogen-bond donors (Lipinski definition) is 2. The molecule has 2 aliphatic heterocycles. The second-order valence-electron chi connectivity index (χ2n) is 12.9. The number of thiophene rings is 1. The second kappa shape index (κ2) is 14.6. The minimum absolute atomic E-state index is 0.411. The average Bonchev–Trinajstić information content (AvgIpc) is 3.56. The Hall–Kier alpha value is -3.39. The number of rotatable bonds is 9. The number of methoxy groups -OCH3 is 1. The zero-order chi connectivity index (χ0) is 34.0. The van der Waals surface area contributed by atoms with E-state index < -0.39 is 7.14 Å². The van der Waals surface area contributed by atoms with Crippen LogP contribution in [0.15, 0.2) is 53.1 Å². The Morgan fingerprint density at radius 3 is 2.44 bits per heavy atom. The van der Waals surface area contributed by atoms with E-state index in [-0.39, 0.29) is 0 Å². The minimum atomic E-state index is -2.67. The summed E-state index contributed by atoms with van der Waals surface area (Å²) in [6, 6.07) is 14.8. The number of likely N-dealkylation sites (N-methyl/N-ethyl adjacent to an activating group) is 1. The zero-order valence-corrected chi connectivity index (χ0v) is 31.5. The molecule has 0 aliphatic carbocycles. The van der Waals surface area contributed by atoms with Gasteiger partial charge in [0.15, 0.2) is 0 Å². The highest BCUT2D eigenvalue weighted by atomic mass is 79.9. The Labute approximate surface area is 296 Å². The summed E-state index contributed by atoms with van der Waals surface area (Å²) >= 11 is 5.14. The lowest BCUT2D eigenvalue weighted by molar-refractivity contribution is 0.0982. The standard InChI is InChI=1S/C36H43BrN7O2PS/c1-7-27-9-11-34(48-27)25-8-10-29(33(21-25)47(5,6)45)39-35-28(37)23-38-36(41-35)40-30-20-24(2)31(22-32(30)46-4)44-14-12-26(13-15-44)43-18-16-42(3)17-19-43/h1,8-11,20-23,26H,12-19H2,2-6H3,(H2,38,39,40,41). The number of anilines is 5. The van der Waals surface area contributed by atoms with Crippen LogP contribution >= 0.6 is 34.4 Å². The van der Waals surface area contributed by atoms with E-state index in [1.54, 1.807) is 26.6 Å². The highest BCUT2D eigenvalue weighted by Gasteiger charge is 2.28. The van der Waals surface area contributed by atoms with Crippen molar-refractivity contribution in [1.82, 2.24) is 19.8 Å². The molecule has 0 spiro atoms. The lowest BCUT2D eigenvalue weighted by atomic mass is 10.0. The fourth-order valence-corrected chi connectivity index (χ4v) is 8.78. The number of nitrogens with one attached hydrogen (secondary N) is 2. The van der Waals surface area contributed by atoms with Crippen LogP contribution in [0.25, 0.3) is 10.4 Å². The maximum absolute atomic E-state index is 13.5. The predicted octanol–water partition coefficient (Wildman–Crippen LogP) is 7.22. The van der Waals surface area contributed by atoms with Gasteiger partial charge in [0.25, 0.3) is 0 Å². The van der Waals surface area contributed by atoms with Gasteiger partial charge in [0.2, 0.25) is 5.95 Å². The van der Waals surface area contributed by atoms with Crippen LogP contribution in [-0.4, -0.2) is 92.6 Å². The lowest BCUT2D eigenvalue weighted by Crippen LogP contribution is -2.52. The Morgan fingerprint density at radius 1 is 1.02 bits per heavy atom. The summed E-state index contributed by atoms with van der Waals surface area (Å²) in [6.45, 7) is 12.4. The van der Waals surface area contributed by atoms with Crippen molar-refractivity contribution in [3.05, 3.63) is 63.6 Å². The lowest BCUT2D eigenvalue weighted by Gasteiger charge is -2.43. The molecule has 252 valence electrons. The molecule has 2 aromatic carbocycles. The highest BCUT2D eigenvalue weighted by Crippen LogP contribution is 2.42. The van der Waals surface area contributed by atoms with Gasteiger partial charge in [0.1, 0.15) is 18.7 Å². The number of hydrogen-bond acceptors (Lipinski definition) is 10. The molecule has 0 saturated carbocycles. The first-order chi connectivity index (χ1) is 23.0. The second-order valence-corrected chi connectivity index (χ2v) is 18.0. The van der Waals surface area contributed by atoms with Crippen molar-refractivity contribution in [2.75, 3.05) is 82.3 Å². The molecular weight excluding hydrogens is 705 g/mol. The molecule has 0 radical (unpaired) electrons. The van der Waals surface area contributed by atoms with Gasteiger partial charge >= 0.3 is 0 Å². The SMILES string of the molecule is C#Cc1ccc(-c2ccc(Nc3nc(Nc4cc(C)c(N5CCC(N6CCN(C)CC6)CC5)cc4OC)ncc3Br)c(P(C)(C)=O)c2)s1. The molecule has 0 amide bonds. The normalized spacial score (nSPS) is 16.5. The first kappa shape index (κ1) is 34.5. The third-order valence-electron chi connectivity index (χ3n) is 9.23. The molecule has 4 aromatic rings. The molecule has 2 N–H and O–H groups in total. The quantitative estimate of drug-likeness (QED) is 0.136. The van der Waals surface area contributed by atoms with Gasteiger partial charge in [-0.05, 0) is 97.5 Å². The third kappa shape index (κ3) is 7.74. The highest BCUT2D eigenvalue weighted by molar-refractivity contribution is 9.10. The van der Waals surface area contributed by atoms with Crippen LogP contribution < -0.4 is 25.6 Å². The summed E-state index contributed by atoms with van der Waals surface area (Å²) in [5.41, 5.74) is 4.85. The summed E-state index contributed by atoms with van der Waals surface area (Å²) in [6.07, 6.45) is 9.63. The molecule has 0 unspecified atom stereocenters. The smallest absolute Gasteiger partial charge is 0.229 e. The fourth-order valence-electron chi connectivity index (χ4n) is 6.51. The minimum Gasteiger partial charge on any atom is -0.494 e. The van der Waals surface area contributed by atoms with Crippen LogP contribution in [0.1, 0.15) is 23.3 Å². The number of piperidine rings is 1. The molecule has 0 atom stereocenters. The predicted molar refractivity (Wildman–Crippen MR) is 205 cm³/mol. The van der Waals surface area contributed by atoms with E-state index >= 15 is 0 Å². The summed E-state index contributed by atoms with van der Waals surface area (Å²) < 4.78 is 20.0. The summed E-state index contributed by atoms with van der Waals surface area (Å²) in [5.74, 6) is 4.38. The van der Waals surface area contributed by atoms with Gasteiger partial charge in [-0.15, -0.1) is 17.8 Å². The zero-order valence-electron chi connectivity index (χ0n) is 28.2. The van der Waals surface area contributed by atoms with Crippen molar-refractivity contribution in [2.45, 2.75) is 25.8 Å². The van der Waals surface area contributed by atoms with Crippen molar-refractivity contribution in [1.29, 1.82) is 0 Å². The molecule has 4 heterocycles. The van der Waals surface area contributed by atoms with Gasteiger partial charge in [-0.3, -0.25) is 4.90 Å². The van der Waals surface area contributed by atoms with E-state index in [0.29, 0.717) is 22.3 Å². The number of ether oxygens (including phenoxy) is 1. The van der Waals surface area contributed by atoms with E-state index in [9.17, 15) is 4.57 Å². The van der Waals surface area contributed by atoms with E-state index in [2.05, 4.69) is 78.3 Å². The maximum Gasteiger partial charge on any atom is 0.229 e. The van der Waals surface area contributed by atoms with Gasteiger partial charge in [0.05, 0.1) is 27.8 Å². The number of halogens is 1. The van der Waals surface area contributed by atoms with Crippen molar-refractivity contribution in [3.8, 4) is 28.5 Å². The number of nitrogens with zero attached hydrogens (tertiary/aromatic N) is 5. The molecule has 2 aromatic heterocycles. The van der Waals surface area contributed by atoms with E-state index in [1.807, 2.05) is 30.3 Å². The maximum atomic E-state index is 13.5.